The van der Waals surface area contributed by atoms with Crippen LogP contribution in [0, 0.1) is 0 Å². The van der Waals surface area contributed by atoms with Gasteiger partial charge in [0.1, 0.15) is 11.9 Å². The molecule has 1 aliphatic rings. The van der Waals surface area contributed by atoms with Gasteiger partial charge < -0.3 is 11.1 Å². The van der Waals surface area contributed by atoms with E-state index < -0.39 is 16.1 Å². The van der Waals surface area contributed by atoms with Crippen LogP contribution in [0.25, 0.3) is 0 Å². The first-order chi connectivity index (χ1) is 12.0. The van der Waals surface area contributed by atoms with Crippen LogP contribution in [0.5, 0.6) is 0 Å². The molecular weight excluding hydrogens is 340 g/mol. The van der Waals surface area contributed by atoms with Crippen molar-refractivity contribution < 1.29 is 13.2 Å². The van der Waals surface area contributed by atoms with Crippen molar-refractivity contribution in [3.8, 4) is 0 Å². The Balaban J connectivity index is 1.83. The number of nitrogens with two attached hydrogens (primary N) is 1. The highest BCUT2D eigenvalue weighted by atomic mass is 32.2. The molecule has 1 aliphatic heterocycles. The molecular formula is C17H20N4O3S. The summed E-state index contributed by atoms with van der Waals surface area (Å²) in [5, 5.41) is 2.73. The van der Waals surface area contributed by atoms with E-state index in [9.17, 15) is 13.2 Å². The Morgan fingerprint density at radius 1 is 1.16 bits per heavy atom. The first-order valence-electron chi connectivity index (χ1n) is 8.08. The van der Waals surface area contributed by atoms with Crippen molar-refractivity contribution in [3.05, 3.63) is 48.7 Å². The minimum absolute atomic E-state index is 0.198. The summed E-state index contributed by atoms with van der Waals surface area (Å²) in [7, 11) is -3.72. The van der Waals surface area contributed by atoms with Crippen molar-refractivity contribution in [1.82, 2.24) is 9.29 Å². The predicted octanol–water partition coefficient (Wildman–Crippen LogP) is 1.85. The van der Waals surface area contributed by atoms with E-state index in [1.54, 1.807) is 42.5 Å². The maximum Gasteiger partial charge on any atom is 0.243 e. The molecule has 0 radical (unpaired) electrons. The van der Waals surface area contributed by atoms with Gasteiger partial charge in [-0.2, -0.15) is 4.31 Å². The second kappa shape index (κ2) is 7.20. The van der Waals surface area contributed by atoms with E-state index in [1.165, 1.54) is 10.5 Å². The monoisotopic (exact) mass is 360 g/mol. The number of nitrogens with zero attached hydrogens (tertiary/aromatic N) is 2. The number of piperidine rings is 1. The van der Waals surface area contributed by atoms with Gasteiger partial charge in [0.2, 0.25) is 15.9 Å². The Morgan fingerprint density at radius 2 is 1.92 bits per heavy atom. The van der Waals surface area contributed by atoms with E-state index in [-0.39, 0.29) is 10.8 Å². The number of aromatic nitrogens is 1. The largest absolute Gasteiger partial charge is 0.384 e. The maximum absolute atomic E-state index is 12.9. The lowest BCUT2D eigenvalue weighted by molar-refractivity contribution is -0.120. The van der Waals surface area contributed by atoms with Crippen LogP contribution in [0.2, 0.25) is 0 Å². The second-order valence-electron chi connectivity index (χ2n) is 5.90. The first kappa shape index (κ1) is 17.4. The van der Waals surface area contributed by atoms with Crippen molar-refractivity contribution in [2.45, 2.75) is 30.2 Å². The van der Waals surface area contributed by atoms with Gasteiger partial charge in [0, 0.05) is 6.54 Å². The van der Waals surface area contributed by atoms with Crippen LogP contribution in [0.1, 0.15) is 19.3 Å². The maximum atomic E-state index is 12.9. The Labute approximate surface area is 146 Å². The van der Waals surface area contributed by atoms with Gasteiger partial charge >= 0.3 is 0 Å². The van der Waals surface area contributed by atoms with Crippen molar-refractivity contribution in [2.24, 2.45) is 0 Å². The summed E-state index contributed by atoms with van der Waals surface area (Å²) in [5.74, 6) is -0.00488. The number of pyridine rings is 1. The number of nitrogen functional groups attached to an aromatic ring is 1. The van der Waals surface area contributed by atoms with Crippen LogP contribution < -0.4 is 11.1 Å². The summed E-state index contributed by atoms with van der Waals surface area (Å²) < 4.78 is 27.1. The van der Waals surface area contributed by atoms with Crippen molar-refractivity contribution in [2.75, 3.05) is 17.6 Å². The minimum atomic E-state index is -3.72. The van der Waals surface area contributed by atoms with E-state index in [1.807, 2.05) is 0 Å². The molecule has 0 saturated carbocycles. The summed E-state index contributed by atoms with van der Waals surface area (Å²) in [6, 6.07) is 10.7. The van der Waals surface area contributed by atoms with E-state index in [0.29, 0.717) is 24.5 Å². The van der Waals surface area contributed by atoms with Crippen molar-refractivity contribution >= 4 is 27.4 Å². The van der Waals surface area contributed by atoms with Gasteiger partial charge in [-0.25, -0.2) is 13.4 Å². The lowest BCUT2D eigenvalue weighted by Crippen LogP contribution is -2.49. The number of sulfonamides is 1. The molecule has 0 aliphatic carbocycles. The van der Waals surface area contributed by atoms with E-state index in [0.717, 1.165) is 12.8 Å². The number of hydrogen-bond donors (Lipinski definition) is 2. The van der Waals surface area contributed by atoms with Gasteiger partial charge in [0.15, 0.2) is 0 Å². The third-order valence-corrected chi connectivity index (χ3v) is 6.08. The third kappa shape index (κ3) is 3.80. The fourth-order valence-electron chi connectivity index (χ4n) is 2.89. The fourth-order valence-corrected chi connectivity index (χ4v) is 4.56. The predicted molar refractivity (Wildman–Crippen MR) is 95.3 cm³/mol. The van der Waals surface area contributed by atoms with Gasteiger partial charge in [0.25, 0.3) is 0 Å². The molecule has 1 amide bonds. The van der Waals surface area contributed by atoms with Gasteiger partial charge in [-0.3, -0.25) is 4.79 Å². The molecule has 1 fully saturated rings. The normalized spacial score (nSPS) is 18.6. The van der Waals surface area contributed by atoms with Crippen LogP contribution in [0.15, 0.2) is 53.6 Å². The number of amides is 1. The number of benzene rings is 1. The number of rotatable bonds is 4. The number of nitrogens with one attached hydrogen (secondary N) is 1. The molecule has 3 rings (SSSR count). The van der Waals surface area contributed by atoms with Crippen molar-refractivity contribution in [1.29, 1.82) is 0 Å². The van der Waals surface area contributed by atoms with E-state index in [4.69, 9.17) is 5.73 Å². The smallest absolute Gasteiger partial charge is 0.243 e. The zero-order valence-corrected chi connectivity index (χ0v) is 14.4. The minimum Gasteiger partial charge on any atom is -0.384 e. The molecule has 1 atom stereocenters. The summed E-state index contributed by atoms with van der Waals surface area (Å²) in [6.45, 7) is 0.329. The van der Waals surface area contributed by atoms with Crippen LogP contribution in [0.3, 0.4) is 0 Å². The van der Waals surface area contributed by atoms with Gasteiger partial charge in [-0.05, 0) is 37.1 Å². The summed E-state index contributed by atoms with van der Waals surface area (Å²) in [5.41, 5.74) is 6.02. The van der Waals surface area contributed by atoms with Crippen LogP contribution in [-0.2, 0) is 14.8 Å². The average molecular weight is 360 g/mol. The quantitative estimate of drug-likeness (QED) is 0.865. The third-order valence-electron chi connectivity index (χ3n) is 4.16. The molecule has 0 bridgehead atoms. The zero-order chi connectivity index (χ0) is 17.9. The fraction of sp³-hybridized carbons (Fsp3) is 0.294. The molecule has 3 N–H and O–H groups in total. The number of hydrogen-bond acceptors (Lipinski definition) is 5. The molecule has 25 heavy (non-hydrogen) atoms. The van der Waals surface area contributed by atoms with Crippen LogP contribution in [0.4, 0.5) is 11.5 Å². The highest BCUT2D eigenvalue weighted by Crippen LogP contribution is 2.26. The summed E-state index contributed by atoms with van der Waals surface area (Å²) >= 11 is 0. The number of carbonyl (C=O) groups excluding carboxylic acids is 1. The Kier molecular flexibility index (Phi) is 5.00. The Bertz CT molecular complexity index is 838. The van der Waals surface area contributed by atoms with E-state index >= 15 is 0 Å². The molecule has 132 valence electrons. The van der Waals surface area contributed by atoms with E-state index in [2.05, 4.69) is 10.3 Å². The summed E-state index contributed by atoms with van der Waals surface area (Å²) in [6.07, 6.45) is 3.48. The van der Waals surface area contributed by atoms with Crippen LogP contribution >= 0.6 is 0 Å². The molecule has 7 nitrogen and oxygen atoms in total. The summed E-state index contributed by atoms with van der Waals surface area (Å²) in [4.78, 5) is 16.8. The molecule has 1 aromatic carbocycles. The lowest BCUT2D eigenvalue weighted by atomic mass is 10.0. The molecule has 8 heteroatoms. The average Bonchev–Trinajstić information content (AvgIpc) is 2.64. The van der Waals surface area contributed by atoms with Crippen molar-refractivity contribution in [3.63, 3.8) is 0 Å². The van der Waals surface area contributed by atoms with Gasteiger partial charge in [0.05, 0.1) is 16.8 Å². The Morgan fingerprint density at radius 3 is 2.60 bits per heavy atom. The Hall–Kier alpha value is -2.45. The SMILES string of the molecule is Nc1ccc(NC(=O)C2CCCCN2S(=O)(=O)c2ccccc2)cn1. The molecule has 1 unspecified atom stereocenters. The topological polar surface area (TPSA) is 105 Å². The highest BCUT2D eigenvalue weighted by molar-refractivity contribution is 7.89. The lowest BCUT2D eigenvalue weighted by Gasteiger charge is -2.33. The second-order valence-corrected chi connectivity index (χ2v) is 7.79. The molecule has 1 saturated heterocycles. The molecule has 0 spiro atoms. The van der Waals surface area contributed by atoms with Crippen LogP contribution in [-0.4, -0.2) is 36.2 Å². The zero-order valence-electron chi connectivity index (χ0n) is 13.6. The van der Waals surface area contributed by atoms with Gasteiger partial charge in [-0.1, -0.05) is 24.6 Å². The molecule has 1 aromatic heterocycles. The highest BCUT2D eigenvalue weighted by Gasteiger charge is 2.37. The number of carbonyl (C=O) groups is 1. The van der Waals surface area contributed by atoms with Gasteiger partial charge in [-0.15, -0.1) is 0 Å². The number of anilines is 2. The standard InChI is InChI=1S/C17H20N4O3S/c18-16-10-9-13(12-19-16)20-17(22)15-8-4-5-11-21(15)25(23,24)14-6-2-1-3-7-14/h1-3,6-7,9-10,12,15H,4-5,8,11H2,(H2,18,19)(H,20,22). The first-order valence-corrected chi connectivity index (χ1v) is 9.52. The molecule has 2 heterocycles. The molecule has 2 aromatic rings.